The summed E-state index contributed by atoms with van der Waals surface area (Å²) in [4.78, 5) is 0. The Morgan fingerprint density at radius 3 is 2.47 bits per heavy atom. The number of aliphatic hydroxyl groups is 2. The molecule has 0 saturated heterocycles. The second kappa shape index (κ2) is 5.65. The topological polar surface area (TPSA) is 67.5 Å². The lowest BCUT2D eigenvalue weighted by Crippen LogP contribution is -2.49. The minimum Gasteiger partial charge on any atom is -0.426 e. The second-order valence-corrected chi connectivity index (χ2v) is 6.05. The molecule has 1 heterocycles. The molecule has 0 aliphatic rings. The highest BCUT2D eigenvalue weighted by atomic mass is 16.5. The number of aromatic nitrogens is 2. The van der Waals surface area contributed by atoms with Crippen molar-refractivity contribution < 1.29 is 14.9 Å². The molecule has 0 amide bonds. The SMILES string of the molecule is Cc1nn(C[C@H](C)O)cc1[B]OC(C)(C)C(C)(C)O. The van der Waals surface area contributed by atoms with Crippen molar-refractivity contribution in [3.63, 3.8) is 0 Å². The summed E-state index contributed by atoms with van der Waals surface area (Å²) in [7, 11) is 1.61. The molecular formula is C13H24BN2O3. The van der Waals surface area contributed by atoms with Gasteiger partial charge < -0.3 is 14.9 Å². The van der Waals surface area contributed by atoms with Gasteiger partial charge in [-0.2, -0.15) is 5.10 Å². The molecule has 2 N–H and O–H groups in total. The van der Waals surface area contributed by atoms with E-state index in [-0.39, 0.29) is 0 Å². The van der Waals surface area contributed by atoms with Crippen molar-refractivity contribution in [3.8, 4) is 0 Å². The average Bonchev–Trinajstić information content (AvgIpc) is 2.53. The molecule has 0 spiro atoms. The predicted octanol–water partition coefficient (Wildman–Crippen LogP) is 0.383. The van der Waals surface area contributed by atoms with Crippen LogP contribution in [0.2, 0.25) is 0 Å². The normalized spacial score (nSPS) is 14.5. The number of aryl methyl sites for hydroxylation is 1. The van der Waals surface area contributed by atoms with Crippen molar-refractivity contribution >= 4 is 12.9 Å². The highest BCUT2D eigenvalue weighted by molar-refractivity contribution is 6.47. The quantitative estimate of drug-likeness (QED) is 0.731. The molecule has 6 heteroatoms. The minimum atomic E-state index is -0.951. The molecule has 1 rings (SSSR count). The van der Waals surface area contributed by atoms with Crippen molar-refractivity contribution in [2.24, 2.45) is 0 Å². The Bertz CT molecular complexity index is 422. The van der Waals surface area contributed by atoms with E-state index in [9.17, 15) is 10.2 Å². The number of rotatable bonds is 6. The lowest BCUT2D eigenvalue weighted by Gasteiger charge is -2.37. The highest BCUT2D eigenvalue weighted by Gasteiger charge is 2.36. The maximum Gasteiger partial charge on any atom is 0.334 e. The van der Waals surface area contributed by atoms with E-state index >= 15 is 0 Å². The number of hydrogen-bond acceptors (Lipinski definition) is 4. The van der Waals surface area contributed by atoms with Crippen LogP contribution < -0.4 is 5.46 Å². The molecule has 1 radical (unpaired) electrons. The first-order chi connectivity index (χ1) is 8.53. The van der Waals surface area contributed by atoms with E-state index in [0.29, 0.717) is 6.54 Å². The van der Waals surface area contributed by atoms with Crippen molar-refractivity contribution in [2.45, 2.75) is 65.4 Å². The van der Waals surface area contributed by atoms with E-state index < -0.39 is 17.3 Å². The van der Waals surface area contributed by atoms with Crippen LogP contribution in [0.15, 0.2) is 6.20 Å². The van der Waals surface area contributed by atoms with Gasteiger partial charge in [0.1, 0.15) is 0 Å². The molecule has 19 heavy (non-hydrogen) atoms. The van der Waals surface area contributed by atoms with Crippen LogP contribution in [0.4, 0.5) is 0 Å². The third-order valence-electron chi connectivity index (χ3n) is 3.39. The maximum absolute atomic E-state index is 10.0. The molecule has 0 aliphatic heterocycles. The zero-order chi connectivity index (χ0) is 14.8. The van der Waals surface area contributed by atoms with Gasteiger partial charge >= 0.3 is 7.48 Å². The second-order valence-electron chi connectivity index (χ2n) is 6.05. The molecule has 107 valence electrons. The van der Waals surface area contributed by atoms with Gasteiger partial charge in [-0.05, 0) is 47.0 Å². The van der Waals surface area contributed by atoms with E-state index in [0.717, 1.165) is 11.2 Å². The Kier molecular flexibility index (Phi) is 4.82. The van der Waals surface area contributed by atoms with Gasteiger partial charge in [0.25, 0.3) is 0 Å². The Morgan fingerprint density at radius 2 is 2.00 bits per heavy atom. The van der Waals surface area contributed by atoms with Crippen molar-refractivity contribution in [2.75, 3.05) is 0 Å². The molecule has 0 fully saturated rings. The van der Waals surface area contributed by atoms with Crippen molar-refractivity contribution in [1.82, 2.24) is 9.78 Å². The van der Waals surface area contributed by atoms with Crippen LogP contribution in [0, 0.1) is 6.92 Å². The zero-order valence-corrected chi connectivity index (χ0v) is 12.6. The Morgan fingerprint density at radius 1 is 1.42 bits per heavy atom. The lowest BCUT2D eigenvalue weighted by atomic mass is 9.83. The Labute approximate surface area is 115 Å². The van der Waals surface area contributed by atoms with E-state index in [1.54, 1.807) is 32.9 Å². The maximum atomic E-state index is 10.0. The fourth-order valence-electron chi connectivity index (χ4n) is 1.37. The molecule has 0 aliphatic carbocycles. The van der Waals surface area contributed by atoms with Crippen molar-refractivity contribution in [1.29, 1.82) is 0 Å². The van der Waals surface area contributed by atoms with Gasteiger partial charge in [-0.3, -0.25) is 4.68 Å². The summed E-state index contributed by atoms with van der Waals surface area (Å²) in [6.45, 7) is 11.1. The molecular weight excluding hydrogens is 243 g/mol. The summed E-state index contributed by atoms with van der Waals surface area (Å²) in [6.07, 6.45) is 1.38. The fourth-order valence-corrected chi connectivity index (χ4v) is 1.37. The van der Waals surface area contributed by atoms with Gasteiger partial charge in [0.2, 0.25) is 0 Å². The predicted molar refractivity (Wildman–Crippen MR) is 75.5 cm³/mol. The molecule has 1 aromatic heterocycles. The molecule has 0 bridgehead atoms. The van der Waals surface area contributed by atoms with E-state index in [1.165, 1.54) is 0 Å². The largest absolute Gasteiger partial charge is 0.426 e. The van der Waals surface area contributed by atoms with Crippen LogP contribution in [-0.4, -0.2) is 44.8 Å². The van der Waals surface area contributed by atoms with E-state index in [4.69, 9.17) is 4.65 Å². The van der Waals surface area contributed by atoms with Crippen molar-refractivity contribution in [3.05, 3.63) is 11.9 Å². The van der Waals surface area contributed by atoms with Gasteiger partial charge in [0, 0.05) is 6.20 Å². The summed E-state index contributed by atoms with van der Waals surface area (Å²) in [6, 6.07) is 0. The first-order valence-electron chi connectivity index (χ1n) is 6.48. The zero-order valence-electron chi connectivity index (χ0n) is 12.6. The van der Waals surface area contributed by atoms with Crippen LogP contribution in [0.3, 0.4) is 0 Å². The lowest BCUT2D eigenvalue weighted by molar-refractivity contribution is -0.0893. The Hall–Kier alpha value is -0.845. The van der Waals surface area contributed by atoms with E-state index in [1.807, 2.05) is 27.0 Å². The first-order valence-corrected chi connectivity index (χ1v) is 6.48. The smallest absolute Gasteiger partial charge is 0.334 e. The van der Waals surface area contributed by atoms with Gasteiger partial charge in [-0.15, -0.1) is 0 Å². The van der Waals surface area contributed by atoms with Crippen LogP contribution >= 0.6 is 0 Å². The Balaban J connectivity index is 2.71. The molecule has 0 aromatic carbocycles. The standard InChI is InChI=1S/C13H24BN2O3/c1-9(17)7-16-8-11(10(2)15-16)14-19-13(5,6)12(3,4)18/h8-9,17-18H,7H2,1-6H3/t9-/m0/s1. The molecule has 1 atom stereocenters. The summed E-state index contributed by atoms with van der Waals surface area (Å²) < 4.78 is 7.38. The minimum absolute atomic E-state index is 0.444. The third-order valence-corrected chi connectivity index (χ3v) is 3.39. The number of aliphatic hydroxyl groups excluding tert-OH is 1. The highest BCUT2D eigenvalue weighted by Crippen LogP contribution is 2.24. The number of hydrogen-bond donors (Lipinski definition) is 2. The fraction of sp³-hybridized carbons (Fsp3) is 0.769. The summed E-state index contributed by atoms with van der Waals surface area (Å²) >= 11 is 0. The third kappa shape index (κ3) is 4.33. The molecule has 5 nitrogen and oxygen atoms in total. The van der Waals surface area contributed by atoms with Gasteiger partial charge in [0.15, 0.2) is 0 Å². The van der Waals surface area contributed by atoms with E-state index in [2.05, 4.69) is 5.10 Å². The van der Waals surface area contributed by atoms with Gasteiger partial charge in [0.05, 0.1) is 29.5 Å². The van der Waals surface area contributed by atoms with Gasteiger partial charge in [-0.1, -0.05) is 0 Å². The average molecular weight is 267 g/mol. The summed E-state index contributed by atoms with van der Waals surface area (Å²) in [5.41, 5.74) is 0.0175. The van der Waals surface area contributed by atoms with Crippen LogP contribution in [0.1, 0.15) is 40.3 Å². The molecule has 0 saturated carbocycles. The van der Waals surface area contributed by atoms with Crippen LogP contribution in [-0.2, 0) is 11.2 Å². The molecule has 0 unspecified atom stereocenters. The monoisotopic (exact) mass is 267 g/mol. The molecule has 1 aromatic rings. The van der Waals surface area contributed by atoms with Crippen LogP contribution in [0.25, 0.3) is 0 Å². The summed E-state index contributed by atoms with van der Waals surface area (Å²) in [5, 5.41) is 23.7. The first kappa shape index (κ1) is 16.2. The number of nitrogens with zero attached hydrogens (tertiary/aromatic N) is 2. The summed E-state index contributed by atoms with van der Waals surface area (Å²) in [5.74, 6) is 0. The van der Waals surface area contributed by atoms with Gasteiger partial charge in [-0.25, -0.2) is 0 Å². The van der Waals surface area contributed by atoms with Crippen LogP contribution in [0.5, 0.6) is 0 Å².